The average molecular weight is 630 g/mol. The number of halogens is 7. The molecule has 3 saturated heterocycles. The van der Waals surface area contributed by atoms with Crippen molar-refractivity contribution in [1.29, 1.82) is 0 Å². The number of carbonyl (C=O) groups is 2. The highest BCUT2D eigenvalue weighted by Crippen LogP contribution is 2.45. The van der Waals surface area contributed by atoms with Crippen molar-refractivity contribution < 1.29 is 45.1 Å². The minimum Gasteiger partial charge on any atom is -0.368 e. The summed E-state index contributed by atoms with van der Waals surface area (Å²) < 4.78 is 101. The van der Waals surface area contributed by atoms with Crippen molar-refractivity contribution in [3.63, 3.8) is 0 Å². The summed E-state index contributed by atoms with van der Waals surface area (Å²) >= 11 is 0. The van der Waals surface area contributed by atoms with Crippen LogP contribution in [0.5, 0.6) is 0 Å². The number of likely N-dealkylation sites (tertiary alicyclic amines) is 1. The molecule has 5 rings (SSSR count). The standard InChI is InChI=1S/C31H34F7N3O3/c1-17(19-11-21(30(33,34)35)15-22(12-19)31(36,37)38)44-25-16-41-24(27(25)18-3-5-23(32)6-4-18)13-20(14-26(41)42)28(43)40-9-7-29(2,39)8-10-40/h3-6,11-12,15,17,20,24-25,27H,7-10,13-14,16,39H2,1-2H3/t17-,20?,24?,25+,27?/m1/s1. The molecule has 0 saturated carbocycles. The van der Waals surface area contributed by atoms with Crippen LogP contribution in [0, 0.1) is 11.7 Å². The molecule has 3 aliphatic heterocycles. The van der Waals surface area contributed by atoms with Gasteiger partial charge in [-0.05, 0) is 74.6 Å². The molecular weight excluding hydrogens is 595 g/mol. The zero-order chi connectivity index (χ0) is 32.2. The molecule has 3 heterocycles. The Kier molecular flexibility index (Phi) is 8.51. The largest absolute Gasteiger partial charge is 0.416 e. The van der Waals surface area contributed by atoms with E-state index in [0.717, 1.165) is 0 Å². The zero-order valence-corrected chi connectivity index (χ0v) is 24.2. The van der Waals surface area contributed by atoms with E-state index in [2.05, 4.69) is 0 Å². The van der Waals surface area contributed by atoms with Crippen molar-refractivity contribution >= 4 is 11.8 Å². The van der Waals surface area contributed by atoms with E-state index in [-0.39, 0.29) is 48.4 Å². The van der Waals surface area contributed by atoms with Crippen LogP contribution in [0.1, 0.15) is 73.8 Å². The number of benzene rings is 2. The fourth-order valence-corrected chi connectivity index (χ4v) is 6.64. The van der Waals surface area contributed by atoms with Crippen molar-refractivity contribution in [1.82, 2.24) is 9.80 Å². The van der Waals surface area contributed by atoms with E-state index < -0.39 is 59.4 Å². The Bertz CT molecular complexity index is 1350. The summed E-state index contributed by atoms with van der Waals surface area (Å²) in [5.41, 5.74) is 3.17. The van der Waals surface area contributed by atoms with E-state index in [1.165, 1.54) is 31.2 Å². The second-order valence-electron chi connectivity index (χ2n) is 12.5. The Balaban J connectivity index is 1.43. The van der Waals surface area contributed by atoms with E-state index in [1.807, 2.05) is 6.92 Å². The van der Waals surface area contributed by atoms with E-state index in [1.54, 1.807) is 9.80 Å². The molecule has 0 aromatic heterocycles. The third kappa shape index (κ3) is 6.73. The zero-order valence-electron chi connectivity index (χ0n) is 24.2. The molecule has 2 aromatic rings. The van der Waals surface area contributed by atoms with Crippen molar-refractivity contribution in [3.8, 4) is 0 Å². The maximum Gasteiger partial charge on any atom is 0.416 e. The first kappa shape index (κ1) is 32.2. The Hall–Kier alpha value is -3.19. The molecule has 44 heavy (non-hydrogen) atoms. The van der Waals surface area contributed by atoms with Gasteiger partial charge < -0.3 is 20.3 Å². The highest BCUT2D eigenvalue weighted by atomic mass is 19.4. The van der Waals surface area contributed by atoms with Gasteiger partial charge in [0.25, 0.3) is 0 Å². The highest BCUT2D eigenvalue weighted by molar-refractivity contribution is 5.88. The predicted octanol–water partition coefficient (Wildman–Crippen LogP) is 6.05. The van der Waals surface area contributed by atoms with Gasteiger partial charge >= 0.3 is 12.4 Å². The predicted molar refractivity (Wildman–Crippen MR) is 146 cm³/mol. The Labute approximate surface area is 250 Å². The van der Waals surface area contributed by atoms with Gasteiger partial charge in [-0.3, -0.25) is 9.59 Å². The van der Waals surface area contributed by atoms with Gasteiger partial charge in [0.15, 0.2) is 0 Å². The molecule has 2 amide bonds. The van der Waals surface area contributed by atoms with Crippen LogP contribution < -0.4 is 5.73 Å². The number of nitrogens with two attached hydrogens (primary N) is 1. The van der Waals surface area contributed by atoms with Crippen LogP contribution in [0.4, 0.5) is 30.7 Å². The summed E-state index contributed by atoms with van der Waals surface area (Å²) in [6.45, 7) is 4.22. The molecule has 0 bridgehead atoms. The van der Waals surface area contributed by atoms with Gasteiger partial charge in [0.1, 0.15) is 5.82 Å². The SMILES string of the molecule is C[C@@H](O[C@H]1CN2C(=O)CC(C(=O)N3CCC(C)(N)CC3)CC2C1c1ccc(F)cc1)c1cc(C(F)(F)F)cc(C(F)(F)F)c1. The van der Waals surface area contributed by atoms with Gasteiger partial charge in [-0.2, -0.15) is 26.3 Å². The van der Waals surface area contributed by atoms with Crippen molar-refractivity contribution in [2.75, 3.05) is 19.6 Å². The Morgan fingerprint density at radius 3 is 2.11 bits per heavy atom. The number of nitrogens with zero attached hydrogens (tertiary/aromatic N) is 2. The lowest BCUT2D eigenvalue weighted by Crippen LogP contribution is -2.53. The molecule has 0 spiro atoms. The fraction of sp³-hybridized carbons (Fsp3) is 0.548. The minimum atomic E-state index is -5.02. The lowest BCUT2D eigenvalue weighted by molar-refractivity contribution is -0.147. The van der Waals surface area contributed by atoms with Gasteiger partial charge in [0.05, 0.1) is 23.3 Å². The lowest BCUT2D eigenvalue weighted by atomic mass is 9.80. The summed E-state index contributed by atoms with van der Waals surface area (Å²) in [7, 11) is 0. The van der Waals surface area contributed by atoms with E-state index in [4.69, 9.17) is 10.5 Å². The highest BCUT2D eigenvalue weighted by Gasteiger charge is 2.51. The van der Waals surface area contributed by atoms with Crippen LogP contribution in [-0.4, -0.2) is 58.9 Å². The van der Waals surface area contributed by atoms with Gasteiger partial charge in [-0.25, -0.2) is 4.39 Å². The average Bonchev–Trinajstić information content (AvgIpc) is 3.30. The number of hydrogen-bond donors (Lipinski definition) is 1. The number of amides is 2. The van der Waals surface area contributed by atoms with Gasteiger partial charge in [0.2, 0.25) is 11.8 Å². The molecule has 3 fully saturated rings. The monoisotopic (exact) mass is 629 g/mol. The first-order chi connectivity index (χ1) is 20.4. The molecule has 2 aromatic carbocycles. The van der Waals surface area contributed by atoms with Gasteiger partial charge in [-0.1, -0.05) is 12.1 Å². The van der Waals surface area contributed by atoms with Gasteiger partial charge in [-0.15, -0.1) is 0 Å². The molecule has 13 heteroatoms. The number of hydrogen-bond acceptors (Lipinski definition) is 4. The summed E-state index contributed by atoms with van der Waals surface area (Å²) in [5.74, 6) is -2.21. The Morgan fingerprint density at radius 1 is 1.00 bits per heavy atom. The van der Waals surface area contributed by atoms with E-state index >= 15 is 0 Å². The normalized spacial score (nSPS) is 26.5. The van der Waals surface area contributed by atoms with Crippen LogP contribution in [-0.2, 0) is 26.7 Å². The van der Waals surface area contributed by atoms with Gasteiger partial charge in [0, 0.05) is 49.5 Å². The first-order valence-corrected chi connectivity index (χ1v) is 14.5. The van der Waals surface area contributed by atoms with Crippen LogP contribution >= 0.6 is 0 Å². The molecule has 3 aliphatic rings. The fourth-order valence-electron chi connectivity index (χ4n) is 6.64. The maximum atomic E-state index is 13.9. The minimum absolute atomic E-state index is 0.0110. The van der Waals surface area contributed by atoms with Crippen LogP contribution in [0.2, 0.25) is 0 Å². The number of piperidine rings is 2. The number of ether oxygens (including phenoxy) is 1. The smallest absolute Gasteiger partial charge is 0.368 e. The van der Waals surface area contributed by atoms with Crippen LogP contribution in [0.15, 0.2) is 42.5 Å². The third-order valence-corrected chi connectivity index (χ3v) is 9.14. The van der Waals surface area contributed by atoms with Crippen LogP contribution in [0.3, 0.4) is 0 Å². The lowest BCUT2D eigenvalue weighted by Gasteiger charge is -2.41. The van der Waals surface area contributed by atoms with Crippen LogP contribution in [0.25, 0.3) is 0 Å². The number of carbonyl (C=O) groups excluding carboxylic acids is 2. The number of alkyl halides is 6. The topological polar surface area (TPSA) is 75.9 Å². The third-order valence-electron chi connectivity index (χ3n) is 9.14. The molecule has 0 aliphatic carbocycles. The Morgan fingerprint density at radius 2 is 1.57 bits per heavy atom. The molecular formula is C31H34F7N3O3. The van der Waals surface area contributed by atoms with Crippen molar-refractivity contribution in [3.05, 3.63) is 70.5 Å². The molecule has 5 atom stereocenters. The quantitative estimate of drug-likeness (QED) is 0.409. The summed E-state index contributed by atoms with van der Waals surface area (Å²) in [6.07, 6.45) is -10.6. The molecule has 0 radical (unpaired) electrons. The number of rotatable bonds is 5. The molecule has 3 unspecified atom stereocenters. The second-order valence-corrected chi connectivity index (χ2v) is 12.5. The van der Waals surface area contributed by atoms with Crippen molar-refractivity contribution in [2.45, 2.75) is 81.6 Å². The van der Waals surface area contributed by atoms with Crippen molar-refractivity contribution in [2.24, 2.45) is 11.7 Å². The van der Waals surface area contributed by atoms with E-state index in [0.29, 0.717) is 43.6 Å². The molecule has 2 N–H and O–H groups in total. The molecule has 240 valence electrons. The number of fused-ring (bicyclic) bond motifs is 1. The summed E-state index contributed by atoms with van der Waals surface area (Å²) in [5, 5.41) is 0. The molecule has 6 nitrogen and oxygen atoms in total. The van der Waals surface area contributed by atoms with E-state index in [9.17, 15) is 40.3 Å². The maximum absolute atomic E-state index is 13.9. The second kappa shape index (κ2) is 11.6. The summed E-state index contributed by atoms with van der Waals surface area (Å²) in [6, 6.07) is 6.24. The first-order valence-electron chi connectivity index (χ1n) is 14.5. The summed E-state index contributed by atoms with van der Waals surface area (Å²) in [4.78, 5) is 30.2.